The Balaban J connectivity index is 1.95. The Morgan fingerprint density at radius 2 is 1.67 bits per heavy atom. The zero-order chi connectivity index (χ0) is 8.60. The summed E-state index contributed by atoms with van der Waals surface area (Å²) in [5, 5.41) is 1.96. The number of hydrogen-bond donors (Lipinski definition) is 1. The molecule has 2 fully saturated rings. The van der Waals surface area contributed by atoms with E-state index in [0.717, 1.165) is 13.1 Å². The number of nitrogens with two attached hydrogens (primary N) is 1. The summed E-state index contributed by atoms with van der Waals surface area (Å²) in [5.74, 6) is 5.73. The maximum Gasteiger partial charge on any atom is 0.0134 e. The molecule has 2 N–H and O–H groups in total. The van der Waals surface area contributed by atoms with Crippen molar-refractivity contribution >= 4 is 9.39 Å². The fraction of sp³-hybridized carbons (Fsp3) is 1.00. The van der Waals surface area contributed by atoms with Crippen molar-refractivity contribution < 1.29 is 0 Å². The molecule has 4 heteroatoms. The highest BCUT2D eigenvalue weighted by Crippen LogP contribution is 2.40. The Hall–Kier alpha value is 0.310. The standard InChI is InChI=1S/C8H18N3P/c9-10-4-1-8(2-5-10)3-6-11(12)7-8/h1-7,9,12H2. The van der Waals surface area contributed by atoms with E-state index in [0.29, 0.717) is 5.41 Å². The third-order valence-electron chi connectivity index (χ3n) is 3.33. The first-order valence-corrected chi connectivity index (χ1v) is 5.21. The van der Waals surface area contributed by atoms with Crippen LogP contribution in [0.3, 0.4) is 0 Å². The molecule has 1 unspecified atom stereocenters. The molecule has 2 heterocycles. The monoisotopic (exact) mass is 187 g/mol. The van der Waals surface area contributed by atoms with Gasteiger partial charge in [0.2, 0.25) is 0 Å². The second-order valence-corrected chi connectivity index (χ2v) is 4.99. The first-order valence-electron chi connectivity index (χ1n) is 4.70. The van der Waals surface area contributed by atoms with Crippen LogP contribution >= 0.6 is 9.39 Å². The lowest BCUT2D eigenvalue weighted by molar-refractivity contribution is 0.116. The maximum absolute atomic E-state index is 5.73. The lowest BCUT2D eigenvalue weighted by Gasteiger charge is -2.37. The second kappa shape index (κ2) is 3.22. The summed E-state index contributed by atoms with van der Waals surface area (Å²) in [6.45, 7) is 4.66. The first-order chi connectivity index (χ1) is 5.70. The number of hydrazine groups is 1. The molecule has 3 nitrogen and oxygen atoms in total. The minimum Gasteiger partial charge on any atom is -0.287 e. The van der Waals surface area contributed by atoms with Gasteiger partial charge in [-0.1, -0.05) is 9.39 Å². The first kappa shape index (κ1) is 8.89. The van der Waals surface area contributed by atoms with Gasteiger partial charge >= 0.3 is 0 Å². The molecule has 0 amide bonds. The molecule has 70 valence electrons. The van der Waals surface area contributed by atoms with Crippen LogP contribution in [0.4, 0.5) is 0 Å². The van der Waals surface area contributed by atoms with E-state index in [9.17, 15) is 0 Å². The molecule has 2 rings (SSSR count). The third kappa shape index (κ3) is 1.64. The molecule has 2 aliphatic heterocycles. The minimum absolute atomic E-state index is 0.609. The van der Waals surface area contributed by atoms with E-state index in [1.807, 2.05) is 5.01 Å². The van der Waals surface area contributed by atoms with Crippen LogP contribution in [0.1, 0.15) is 19.3 Å². The van der Waals surface area contributed by atoms with Gasteiger partial charge < -0.3 is 0 Å². The van der Waals surface area contributed by atoms with Gasteiger partial charge in [-0.3, -0.25) is 10.5 Å². The van der Waals surface area contributed by atoms with Gasteiger partial charge in [0.25, 0.3) is 0 Å². The van der Waals surface area contributed by atoms with E-state index in [1.54, 1.807) is 0 Å². The quantitative estimate of drug-likeness (QED) is 0.441. The Morgan fingerprint density at radius 1 is 1.08 bits per heavy atom. The Morgan fingerprint density at radius 3 is 2.17 bits per heavy atom. The van der Waals surface area contributed by atoms with Crippen LogP contribution in [0.2, 0.25) is 0 Å². The van der Waals surface area contributed by atoms with Crippen molar-refractivity contribution in [3.8, 4) is 0 Å². The van der Waals surface area contributed by atoms with E-state index in [2.05, 4.69) is 14.1 Å². The lowest BCUT2D eigenvalue weighted by atomic mass is 9.78. The zero-order valence-corrected chi connectivity index (χ0v) is 8.65. The van der Waals surface area contributed by atoms with Crippen LogP contribution in [-0.4, -0.2) is 35.9 Å². The maximum atomic E-state index is 5.73. The summed E-state index contributed by atoms with van der Waals surface area (Å²) in [7, 11) is 2.82. The van der Waals surface area contributed by atoms with Crippen molar-refractivity contribution in [2.45, 2.75) is 19.3 Å². The lowest BCUT2D eigenvalue weighted by Crippen LogP contribution is -2.44. The molecule has 0 radical (unpaired) electrons. The van der Waals surface area contributed by atoms with E-state index in [-0.39, 0.29) is 0 Å². The number of piperidine rings is 1. The van der Waals surface area contributed by atoms with Gasteiger partial charge in [-0.2, -0.15) is 0 Å². The highest BCUT2D eigenvalue weighted by molar-refractivity contribution is 7.13. The fourth-order valence-corrected chi connectivity index (χ4v) is 2.89. The average molecular weight is 187 g/mol. The van der Waals surface area contributed by atoms with Crippen molar-refractivity contribution in [2.24, 2.45) is 11.3 Å². The molecule has 0 saturated carbocycles. The summed E-state index contributed by atoms with van der Waals surface area (Å²) in [6, 6.07) is 0. The van der Waals surface area contributed by atoms with Crippen molar-refractivity contribution in [3.05, 3.63) is 0 Å². The SMILES string of the molecule is NN1CCC2(CC1)CCN(P)C2. The van der Waals surface area contributed by atoms with Gasteiger partial charge in [0.1, 0.15) is 0 Å². The molecule has 0 aromatic rings. The van der Waals surface area contributed by atoms with Crippen LogP contribution in [0.25, 0.3) is 0 Å². The normalized spacial score (nSPS) is 31.5. The van der Waals surface area contributed by atoms with Crippen LogP contribution < -0.4 is 5.84 Å². The van der Waals surface area contributed by atoms with E-state index in [4.69, 9.17) is 5.84 Å². The summed E-state index contributed by atoms with van der Waals surface area (Å²) in [4.78, 5) is 0. The Labute approximate surface area is 76.5 Å². The van der Waals surface area contributed by atoms with Crippen molar-refractivity contribution in [1.82, 2.24) is 9.68 Å². The number of nitrogens with zero attached hydrogens (tertiary/aromatic N) is 2. The molecular formula is C8H18N3P. The predicted molar refractivity (Wildman–Crippen MR) is 53.3 cm³/mol. The molecule has 0 bridgehead atoms. The van der Waals surface area contributed by atoms with Crippen molar-refractivity contribution in [3.63, 3.8) is 0 Å². The van der Waals surface area contributed by atoms with Gasteiger partial charge in [-0.05, 0) is 24.7 Å². The van der Waals surface area contributed by atoms with E-state index in [1.165, 1.54) is 32.4 Å². The third-order valence-corrected chi connectivity index (χ3v) is 3.77. The van der Waals surface area contributed by atoms with Crippen LogP contribution in [0, 0.1) is 5.41 Å². The predicted octanol–water partition coefficient (Wildman–Crippen LogP) is 0.438. The molecule has 2 aliphatic rings. The minimum atomic E-state index is 0.609. The van der Waals surface area contributed by atoms with E-state index < -0.39 is 0 Å². The highest BCUT2D eigenvalue weighted by atomic mass is 31.0. The summed E-state index contributed by atoms with van der Waals surface area (Å²) in [5.41, 5.74) is 0.609. The van der Waals surface area contributed by atoms with Gasteiger partial charge in [0, 0.05) is 26.2 Å². The van der Waals surface area contributed by atoms with Crippen molar-refractivity contribution in [1.29, 1.82) is 0 Å². The zero-order valence-electron chi connectivity index (χ0n) is 7.50. The Kier molecular flexibility index (Phi) is 2.39. The number of hydrogen-bond acceptors (Lipinski definition) is 3. The second-order valence-electron chi connectivity index (χ2n) is 4.26. The Bertz CT molecular complexity index is 166. The van der Waals surface area contributed by atoms with Gasteiger partial charge in [-0.25, -0.2) is 5.01 Å². The van der Waals surface area contributed by atoms with E-state index >= 15 is 0 Å². The summed E-state index contributed by atoms with van der Waals surface area (Å²) < 4.78 is 2.37. The van der Waals surface area contributed by atoms with Gasteiger partial charge in [0.15, 0.2) is 0 Å². The molecule has 0 aromatic carbocycles. The summed E-state index contributed by atoms with van der Waals surface area (Å²) >= 11 is 0. The molecule has 1 atom stereocenters. The largest absolute Gasteiger partial charge is 0.287 e. The molecule has 2 saturated heterocycles. The topological polar surface area (TPSA) is 32.5 Å². The highest BCUT2D eigenvalue weighted by Gasteiger charge is 2.38. The van der Waals surface area contributed by atoms with Gasteiger partial charge in [-0.15, -0.1) is 0 Å². The average Bonchev–Trinajstić information content (AvgIpc) is 2.40. The fourth-order valence-electron chi connectivity index (χ4n) is 2.38. The molecular weight excluding hydrogens is 169 g/mol. The molecule has 12 heavy (non-hydrogen) atoms. The van der Waals surface area contributed by atoms with Crippen LogP contribution in [-0.2, 0) is 0 Å². The molecule has 0 aromatic heterocycles. The van der Waals surface area contributed by atoms with Crippen LogP contribution in [0.5, 0.6) is 0 Å². The smallest absolute Gasteiger partial charge is 0.0134 e. The number of rotatable bonds is 0. The van der Waals surface area contributed by atoms with Gasteiger partial charge in [0.05, 0.1) is 0 Å². The molecule has 1 spiro atoms. The summed E-state index contributed by atoms with van der Waals surface area (Å²) in [6.07, 6.45) is 3.94. The molecule has 0 aliphatic carbocycles. The van der Waals surface area contributed by atoms with Crippen molar-refractivity contribution in [2.75, 3.05) is 26.2 Å². The van der Waals surface area contributed by atoms with Crippen LogP contribution in [0.15, 0.2) is 0 Å².